The second-order valence-corrected chi connectivity index (χ2v) is 9.62. The zero-order valence-corrected chi connectivity index (χ0v) is 20.2. The molecule has 2 aromatic heterocycles. The molecular formula is C22H29F3N8O3. The van der Waals surface area contributed by atoms with Crippen LogP contribution in [0.5, 0.6) is 5.88 Å². The van der Waals surface area contributed by atoms with Gasteiger partial charge in [0, 0.05) is 45.3 Å². The molecule has 1 saturated heterocycles. The molecule has 5 rings (SSSR count). The largest absolute Gasteiger partial charge is 0.469 e. The maximum atomic E-state index is 13.4. The van der Waals surface area contributed by atoms with Crippen LogP contribution < -0.4 is 10.1 Å². The molecule has 2 fully saturated rings. The molecule has 1 saturated carbocycles. The Kier molecular flexibility index (Phi) is 6.62. The van der Waals surface area contributed by atoms with Gasteiger partial charge in [-0.3, -0.25) is 0 Å². The van der Waals surface area contributed by atoms with E-state index in [2.05, 4.69) is 30.0 Å². The highest BCUT2D eigenvalue weighted by Gasteiger charge is 2.38. The third-order valence-corrected chi connectivity index (χ3v) is 6.75. The Bertz CT molecular complexity index is 1100. The van der Waals surface area contributed by atoms with E-state index in [1.54, 1.807) is 23.9 Å². The average Bonchev–Trinajstić information content (AvgIpc) is 3.24. The maximum absolute atomic E-state index is 13.4. The van der Waals surface area contributed by atoms with Crippen molar-refractivity contribution in [1.29, 1.82) is 0 Å². The summed E-state index contributed by atoms with van der Waals surface area (Å²) in [6.07, 6.45) is -0.904. The number of halogens is 3. The summed E-state index contributed by atoms with van der Waals surface area (Å²) in [6.45, 7) is 2.08. The van der Waals surface area contributed by atoms with Crippen LogP contribution in [0.3, 0.4) is 0 Å². The van der Waals surface area contributed by atoms with Gasteiger partial charge in [0.1, 0.15) is 17.5 Å². The molecule has 0 unspecified atom stereocenters. The number of alkyl halides is 3. The normalized spacial score (nSPS) is 22.5. The van der Waals surface area contributed by atoms with Crippen LogP contribution in [0, 0.1) is 0 Å². The van der Waals surface area contributed by atoms with Gasteiger partial charge in [-0.15, -0.1) is 10.2 Å². The molecule has 2 aliphatic heterocycles. The third kappa shape index (κ3) is 5.04. The first-order valence-corrected chi connectivity index (χ1v) is 12.0. The minimum atomic E-state index is -4.62. The van der Waals surface area contributed by atoms with Gasteiger partial charge in [0.15, 0.2) is 5.82 Å². The number of nitrogens with zero attached hydrogens (tertiary/aromatic N) is 7. The second kappa shape index (κ2) is 9.71. The monoisotopic (exact) mass is 510 g/mol. The van der Waals surface area contributed by atoms with E-state index < -0.39 is 23.7 Å². The van der Waals surface area contributed by atoms with Gasteiger partial charge < -0.3 is 29.2 Å². The molecule has 2 aromatic rings. The van der Waals surface area contributed by atoms with Crippen LogP contribution in [0.25, 0.3) is 0 Å². The lowest BCUT2D eigenvalue weighted by molar-refractivity contribution is -0.142. The first-order chi connectivity index (χ1) is 17.2. The number of nitrogens with one attached hydrogen (secondary N) is 1. The number of fused-ring (bicyclic) bond motifs is 1. The highest BCUT2D eigenvalue weighted by atomic mass is 19.4. The predicted octanol–water partition coefficient (Wildman–Crippen LogP) is 2.50. The fourth-order valence-electron chi connectivity index (χ4n) is 4.83. The third-order valence-electron chi connectivity index (χ3n) is 6.75. The van der Waals surface area contributed by atoms with Gasteiger partial charge in [-0.05, 0) is 19.3 Å². The summed E-state index contributed by atoms with van der Waals surface area (Å²) < 4.78 is 52.8. The lowest BCUT2D eigenvalue weighted by Crippen LogP contribution is -2.44. The van der Waals surface area contributed by atoms with E-state index in [1.165, 1.54) is 0 Å². The molecule has 36 heavy (non-hydrogen) atoms. The lowest BCUT2D eigenvalue weighted by Gasteiger charge is -2.33. The van der Waals surface area contributed by atoms with Crippen molar-refractivity contribution in [2.75, 3.05) is 39.2 Å². The average molecular weight is 511 g/mol. The standard InChI is InChI=1S/C22H29F3N8O3/c1-31(2)21(34)32-6-7-33-17(10-32)29-30-18(33)13-4-3-5-14(8-13)27-20-26-9-16(22(23,24)25)19(28-20)36-15-11-35-12-15/h9,13-15H,3-8,10-12H2,1-2H3,(H,26,27,28)/t13-,14+/m0/s1. The smallest absolute Gasteiger partial charge is 0.423 e. The van der Waals surface area contributed by atoms with Crippen LogP contribution in [0.1, 0.15) is 48.8 Å². The lowest BCUT2D eigenvalue weighted by atomic mass is 9.85. The van der Waals surface area contributed by atoms with Crippen molar-refractivity contribution >= 4 is 12.0 Å². The highest BCUT2D eigenvalue weighted by molar-refractivity contribution is 5.73. The molecule has 0 spiro atoms. The van der Waals surface area contributed by atoms with Gasteiger partial charge in [0.05, 0.1) is 19.8 Å². The molecule has 11 nitrogen and oxygen atoms in total. The Morgan fingerprint density at radius 2 is 2.03 bits per heavy atom. The summed E-state index contributed by atoms with van der Waals surface area (Å²) in [5.74, 6) is 1.39. The Labute approximate surface area is 206 Å². The van der Waals surface area contributed by atoms with Crippen LogP contribution in [0.4, 0.5) is 23.9 Å². The first kappa shape index (κ1) is 24.5. The second-order valence-electron chi connectivity index (χ2n) is 9.62. The van der Waals surface area contributed by atoms with Gasteiger partial charge >= 0.3 is 12.2 Å². The molecule has 196 valence electrons. The topological polar surface area (TPSA) is 111 Å². The van der Waals surface area contributed by atoms with Crippen molar-refractivity contribution in [3.63, 3.8) is 0 Å². The number of hydrogen-bond donors (Lipinski definition) is 1. The number of amides is 2. The summed E-state index contributed by atoms with van der Waals surface area (Å²) >= 11 is 0. The molecule has 1 aliphatic carbocycles. The Balaban J connectivity index is 1.27. The van der Waals surface area contributed by atoms with E-state index in [1.807, 2.05) is 0 Å². The van der Waals surface area contributed by atoms with E-state index in [0.29, 0.717) is 19.6 Å². The summed E-state index contributed by atoms with van der Waals surface area (Å²) in [4.78, 5) is 23.6. The zero-order valence-electron chi connectivity index (χ0n) is 20.2. The van der Waals surface area contributed by atoms with Crippen LogP contribution >= 0.6 is 0 Å². The number of carbonyl (C=O) groups is 1. The number of ether oxygens (including phenoxy) is 2. The highest BCUT2D eigenvalue weighted by Crippen LogP contribution is 2.37. The molecule has 4 heterocycles. The van der Waals surface area contributed by atoms with Gasteiger partial charge in [-0.25, -0.2) is 9.78 Å². The molecule has 1 N–H and O–H groups in total. The summed E-state index contributed by atoms with van der Waals surface area (Å²) in [5, 5.41) is 12.0. The van der Waals surface area contributed by atoms with Gasteiger partial charge in [-0.2, -0.15) is 18.2 Å². The number of carbonyl (C=O) groups excluding carboxylic acids is 1. The molecule has 2 amide bonds. The Morgan fingerprint density at radius 1 is 1.22 bits per heavy atom. The van der Waals surface area contributed by atoms with Gasteiger partial charge in [-0.1, -0.05) is 6.42 Å². The van der Waals surface area contributed by atoms with Crippen LogP contribution in [0.15, 0.2) is 6.20 Å². The SMILES string of the molecule is CN(C)C(=O)N1CCn2c(nnc2[C@H]2CCC[C@@H](Nc3ncc(C(F)(F)F)c(OC4COC4)n3)C2)C1. The van der Waals surface area contributed by atoms with E-state index in [4.69, 9.17) is 9.47 Å². The molecule has 0 radical (unpaired) electrons. The number of anilines is 1. The molecule has 14 heteroatoms. The maximum Gasteiger partial charge on any atom is 0.423 e. The van der Waals surface area contributed by atoms with Crippen LogP contribution in [-0.2, 0) is 24.0 Å². The Morgan fingerprint density at radius 3 is 2.72 bits per heavy atom. The van der Waals surface area contributed by atoms with Crippen LogP contribution in [-0.4, -0.2) is 86.6 Å². The molecule has 0 aromatic carbocycles. The molecule has 0 bridgehead atoms. The molecular weight excluding hydrogens is 481 g/mol. The Hall–Kier alpha value is -3.16. The van der Waals surface area contributed by atoms with Gasteiger partial charge in [0.25, 0.3) is 0 Å². The summed E-state index contributed by atoms with van der Waals surface area (Å²) in [5.41, 5.74) is -1.00. The number of hydrogen-bond acceptors (Lipinski definition) is 8. The van der Waals surface area contributed by atoms with E-state index in [0.717, 1.165) is 43.5 Å². The minimum absolute atomic E-state index is 0.0382. The van der Waals surface area contributed by atoms with Gasteiger partial charge in [0.2, 0.25) is 11.8 Å². The van der Waals surface area contributed by atoms with Crippen molar-refractivity contribution in [3.8, 4) is 5.88 Å². The van der Waals surface area contributed by atoms with Crippen LogP contribution in [0.2, 0.25) is 0 Å². The van der Waals surface area contributed by atoms with E-state index in [9.17, 15) is 18.0 Å². The predicted molar refractivity (Wildman–Crippen MR) is 120 cm³/mol. The van der Waals surface area contributed by atoms with Crippen molar-refractivity contribution in [2.24, 2.45) is 0 Å². The van der Waals surface area contributed by atoms with Crippen molar-refractivity contribution in [3.05, 3.63) is 23.4 Å². The summed E-state index contributed by atoms with van der Waals surface area (Å²) in [7, 11) is 3.44. The minimum Gasteiger partial charge on any atom is -0.469 e. The fourth-order valence-corrected chi connectivity index (χ4v) is 4.83. The van der Waals surface area contributed by atoms with E-state index in [-0.39, 0.29) is 37.2 Å². The molecule has 3 aliphatic rings. The van der Waals surface area contributed by atoms with Crippen molar-refractivity contribution < 1.29 is 27.4 Å². The van der Waals surface area contributed by atoms with Crippen molar-refractivity contribution in [1.82, 2.24) is 34.5 Å². The quantitative estimate of drug-likeness (QED) is 0.654. The number of aromatic nitrogens is 5. The number of rotatable bonds is 5. The summed E-state index contributed by atoms with van der Waals surface area (Å²) in [6, 6.07) is -0.0961. The van der Waals surface area contributed by atoms with Crippen molar-refractivity contribution in [2.45, 2.75) is 63.0 Å². The molecule has 2 atom stereocenters. The fraction of sp³-hybridized carbons (Fsp3) is 0.682. The zero-order chi connectivity index (χ0) is 25.4. The number of urea groups is 1. The first-order valence-electron chi connectivity index (χ1n) is 12.0. The van der Waals surface area contributed by atoms with E-state index >= 15 is 0 Å².